The summed E-state index contributed by atoms with van der Waals surface area (Å²) in [7, 11) is -4.65. The summed E-state index contributed by atoms with van der Waals surface area (Å²) < 4.78 is 84.5. The maximum atomic E-state index is 14.5. The first kappa shape index (κ1) is 37.4. The first-order valence-electron chi connectivity index (χ1n) is 15.5. The molecule has 0 saturated heterocycles. The van der Waals surface area contributed by atoms with E-state index in [0.717, 1.165) is 24.1 Å². The number of aryl methyl sites for hydroxylation is 1. The van der Waals surface area contributed by atoms with Gasteiger partial charge in [-0.25, -0.2) is 12.8 Å². The zero-order valence-corrected chi connectivity index (χ0v) is 28.5. The lowest BCUT2D eigenvalue weighted by Crippen LogP contribution is -2.53. The van der Waals surface area contributed by atoms with Gasteiger partial charge < -0.3 is 10.2 Å². The molecule has 4 rings (SSSR count). The number of amides is 2. The molecule has 13 heteroatoms. The van der Waals surface area contributed by atoms with Crippen molar-refractivity contribution in [3.63, 3.8) is 0 Å². The Balaban J connectivity index is 1.85. The molecule has 0 aliphatic heterocycles. The molecule has 0 aromatic heterocycles. The topological polar surface area (TPSA) is 86.8 Å². The molecule has 7 nitrogen and oxygen atoms in total. The van der Waals surface area contributed by atoms with Crippen molar-refractivity contribution in [2.45, 2.75) is 56.8 Å². The number of unbranched alkanes of at least 4 members (excludes halogenated alkanes) is 1. The van der Waals surface area contributed by atoms with E-state index in [4.69, 9.17) is 11.6 Å². The fourth-order valence-electron chi connectivity index (χ4n) is 5.10. The number of nitrogens with zero attached hydrogens (tertiary/aromatic N) is 2. The van der Waals surface area contributed by atoms with Crippen LogP contribution in [-0.2, 0) is 38.8 Å². The Morgan fingerprint density at radius 2 is 1.55 bits per heavy atom. The molecule has 1 N–H and O–H groups in total. The number of nitrogens with one attached hydrogen (secondary N) is 1. The van der Waals surface area contributed by atoms with Crippen molar-refractivity contribution in [1.29, 1.82) is 0 Å². The largest absolute Gasteiger partial charge is 0.417 e. The van der Waals surface area contributed by atoms with Crippen LogP contribution in [0.25, 0.3) is 0 Å². The third-order valence-electron chi connectivity index (χ3n) is 7.80. The Morgan fingerprint density at radius 3 is 2.16 bits per heavy atom. The van der Waals surface area contributed by atoms with Crippen molar-refractivity contribution in [1.82, 2.24) is 10.2 Å². The molecule has 0 heterocycles. The smallest absolute Gasteiger partial charge is 0.354 e. The highest BCUT2D eigenvalue weighted by atomic mass is 35.5. The van der Waals surface area contributed by atoms with Crippen LogP contribution in [0.5, 0.6) is 0 Å². The van der Waals surface area contributed by atoms with Crippen LogP contribution in [0.15, 0.2) is 102 Å². The molecule has 2 amide bonds. The summed E-state index contributed by atoms with van der Waals surface area (Å²) >= 11 is 5.86. The van der Waals surface area contributed by atoms with Gasteiger partial charge in [0.05, 0.1) is 21.2 Å². The zero-order valence-electron chi connectivity index (χ0n) is 26.9. The SMILES string of the molecule is CCCCNC(=O)[C@@H](Cc1ccccc1)N(Cc1ccc(F)cc1)C(=O)CN(c1ccc(Cl)c(C(F)(F)F)c1)S(=O)(=O)c1ccc(C)cc1. The average molecular weight is 718 g/mol. The minimum atomic E-state index is -4.93. The second-order valence-electron chi connectivity index (χ2n) is 11.5. The molecule has 0 saturated carbocycles. The number of anilines is 1. The maximum absolute atomic E-state index is 14.5. The van der Waals surface area contributed by atoms with Crippen molar-refractivity contribution in [2.24, 2.45) is 0 Å². The van der Waals surface area contributed by atoms with Gasteiger partial charge in [0.1, 0.15) is 18.4 Å². The summed E-state index contributed by atoms with van der Waals surface area (Å²) in [6.07, 6.45) is -3.44. The van der Waals surface area contributed by atoms with Gasteiger partial charge in [-0.15, -0.1) is 0 Å². The van der Waals surface area contributed by atoms with Gasteiger partial charge in [0.15, 0.2) is 0 Å². The molecule has 0 aliphatic rings. The molecule has 0 fully saturated rings. The molecule has 49 heavy (non-hydrogen) atoms. The van der Waals surface area contributed by atoms with E-state index in [9.17, 15) is 35.6 Å². The van der Waals surface area contributed by atoms with Crippen molar-refractivity contribution < 1.29 is 35.6 Å². The minimum Gasteiger partial charge on any atom is -0.354 e. The van der Waals surface area contributed by atoms with Crippen LogP contribution >= 0.6 is 11.6 Å². The molecule has 1 atom stereocenters. The Bertz CT molecular complexity index is 1840. The van der Waals surface area contributed by atoms with Crippen molar-refractivity contribution >= 4 is 39.1 Å². The Hall–Kier alpha value is -4.42. The monoisotopic (exact) mass is 717 g/mol. The van der Waals surface area contributed by atoms with Gasteiger partial charge >= 0.3 is 6.18 Å². The molecule has 0 unspecified atom stereocenters. The zero-order chi connectivity index (χ0) is 35.8. The van der Waals surface area contributed by atoms with Gasteiger partial charge in [-0.2, -0.15) is 13.2 Å². The lowest BCUT2D eigenvalue weighted by atomic mass is 10.0. The van der Waals surface area contributed by atoms with Crippen LogP contribution in [0.4, 0.5) is 23.2 Å². The quantitative estimate of drug-likeness (QED) is 0.108. The molecule has 0 spiro atoms. The van der Waals surface area contributed by atoms with E-state index in [1.165, 1.54) is 53.4 Å². The van der Waals surface area contributed by atoms with Gasteiger partial charge in [0.2, 0.25) is 11.8 Å². The average Bonchev–Trinajstić information content (AvgIpc) is 3.06. The highest BCUT2D eigenvalue weighted by molar-refractivity contribution is 7.92. The number of carbonyl (C=O) groups is 2. The molecule has 0 aliphatic carbocycles. The summed E-state index contributed by atoms with van der Waals surface area (Å²) in [5.74, 6) is -1.92. The second kappa shape index (κ2) is 16.3. The minimum absolute atomic E-state index is 0.0373. The number of rotatable bonds is 14. The molecule has 0 radical (unpaired) electrons. The van der Waals surface area contributed by atoms with Gasteiger partial charge in [0, 0.05) is 19.5 Å². The van der Waals surface area contributed by atoms with E-state index in [0.29, 0.717) is 34.5 Å². The summed E-state index contributed by atoms with van der Waals surface area (Å²) in [5.41, 5.74) is 0.124. The van der Waals surface area contributed by atoms with Gasteiger partial charge in [-0.05, 0) is 66.9 Å². The van der Waals surface area contributed by atoms with E-state index < -0.39 is 62.7 Å². The van der Waals surface area contributed by atoms with Crippen LogP contribution < -0.4 is 9.62 Å². The molecular weight excluding hydrogens is 682 g/mol. The fourth-order valence-corrected chi connectivity index (χ4v) is 6.73. The van der Waals surface area contributed by atoms with Crippen LogP contribution in [0.2, 0.25) is 5.02 Å². The Labute approximate surface area is 288 Å². The van der Waals surface area contributed by atoms with E-state index in [1.54, 1.807) is 37.3 Å². The molecule has 260 valence electrons. The predicted octanol–water partition coefficient (Wildman–Crippen LogP) is 7.56. The third kappa shape index (κ3) is 9.82. The van der Waals surface area contributed by atoms with Gasteiger partial charge in [-0.3, -0.25) is 13.9 Å². The lowest BCUT2D eigenvalue weighted by molar-refractivity contribution is -0.140. The molecule has 4 aromatic carbocycles. The Morgan fingerprint density at radius 1 is 0.898 bits per heavy atom. The highest BCUT2D eigenvalue weighted by Gasteiger charge is 2.37. The predicted molar refractivity (Wildman–Crippen MR) is 181 cm³/mol. The number of sulfonamides is 1. The number of carbonyl (C=O) groups excluding carboxylic acids is 2. The van der Waals surface area contributed by atoms with Crippen molar-refractivity contribution in [3.8, 4) is 0 Å². The standard InChI is InChI=1S/C36H36ClF4N3O4S/c1-3-4-20-42-35(46)33(21-26-8-6-5-7-9-26)43(23-27-12-14-28(38)15-13-27)34(45)24-44(49(47,48)30-17-10-25(2)11-18-30)29-16-19-32(37)31(22-29)36(39,40)41/h5-19,22,33H,3-4,20-21,23-24H2,1-2H3,(H,42,46)/t33-/m1/s1. The summed E-state index contributed by atoms with van der Waals surface area (Å²) in [4.78, 5) is 29.2. The summed E-state index contributed by atoms with van der Waals surface area (Å²) in [6.45, 7) is 2.80. The Kier molecular flexibility index (Phi) is 12.5. The van der Waals surface area contributed by atoms with E-state index in [-0.39, 0.29) is 17.9 Å². The summed E-state index contributed by atoms with van der Waals surface area (Å²) in [5, 5.41) is 2.19. The first-order valence-corrected chi connectivity index (χ1v) is 17.3. The molecule has 4 aromatic rings. The molecular formula is C36H36ClF4N3O4S. The van der Waals surface area contributed by atoms with Crippen molar-refractivity contribution in [3.05, 3.63) is 130 Å². The lowest BCUT2D eigenvalue weighted by Gasteiger charge is -2.34. The number of halogens is 5. The van der Waals surface area contributed by atoms with Crippen LogP contribution in [0.3, 0.4) is 0 Å². The van der Waals surface area contributed by atoms with E-state index >= 15 is 0 Å². The van der Waals surface area contributed by atoms with E-state index in [2.05, 4.69) is 5.32 Å². The van der Waals surface area contributed by atoms with Gasteiger partial charge in [-0.1, -0.05) is 85.1 Å². The fraction of sp³-hybridized carbons (Fsp3) is 0.278. The van der Waals surface area contributed by atoms with Gasteiger partial charge in [0.25, 0.3) is 10.0 Å². The highest BCUT2D eigenvalue weighted by Crippen LogP contribution is 2.38. The van der Waals surface area contributed by atoms with E-state index in [1.807, 2.05) is 6.92 Å². The summed E-state index contributed by atoms with van der Waals surface area (Å²) in [6, 6.07) is 21.1. The van der Waals surface area contributed by atoms with Crippen LogP contribution in [0, 0.1) is 12.7 Å². The number of hydrogen-bond acceptors (Lipinski definition) is 4. The van der Waals surface area contributed by atoms with Crippen molar-refractivity contribution in [2.75, 3.05) is 17.4 Å². The normalized spacial score (nSPS) is 12.3. The maximum Gasteiger partial charge on any atom is 0.417 e. The van der Waals surface area contributed by atoms with Crippen LogP contribution in [0.1, 0.15) is 42.0 Å². The third-order valence-corrected chi connectivity index (χ3v) is 9.92. The number of benzene rings is 4. The number of alkyl halides is 3. The number of hydrogen-bond donors (Lipinski definition) is 1. The van der Waals surface area contributed by atoms with Crippen LogP contribution in [-0.4, -0.2) is 44.3 Å². The molecule has 0 bridgehead atoms. The second-order valence-corrected chi connectivity index (χ2v) is 13.8. The first-order chi connectivity index (χ1) is 23.2.